The van der Waals surface area contributed by atoms with E-state index in [2.05, 4.69) is 0 Å². The maximum absolute atomic E-state index is 13.9. The van der Waals surface area contributed by atoms with Gasteiger partial charge in [-0.15, -0.1) is 0 Å². The maximum atomic E-state index is 13.9. The Labute approximate surface area is 158 Å². The summed E-state index contributed by atoms with van der Waals surface area (Å²) in [5, 5.41) is 0. The third-order valence-corrected chi connectivity index (χ3v) is 7.48. The van der Waals surface area contributed by atoms with Crippen LogP contribution < -0.4 is 4.90 Å². The number of nitrogens with zero attached hydrogens (tertiary/aromatic N) is 2. The smallest absolute Gasteiger partial charge is 0.280 e. The quantitative estimate of drug-likeness (QED) is 0.786. The lowest BCUT2D eigenvalue weighted by Crippen LogP contribution is -3.19. The Morgan fingerprint density at radius 2 is 1.59 bits per heavy atom. The average Bonchev–Trinajstić information content (AvgIpc) is 2.67. The van der Waals surface area contributed by atoms with Crippen molar-refractivity contribution in [2.75, 3.05) is 39.3 Å². The second-order valence-corrected chi connectivity index (χ2v) is 9.10. The lowest BCUT2D eigenvalue weighted by Gasteiger charge is -2.36. The monoisotopic (exact) mass is 402 g/mol. The minimum atomic E-state index is -4.24. The zero-order valence-electron chi connectivity index (χ0n) is 15.5. The minimum Gasteiger partial charge on any atom is -0.338 e. The number of hydrogen-bond donors (Lipinski definition) is 1. The molecule has 0 radical (unpaired) electrons. The molecule has 150 valence electrons. The van der Waals surface area contributed by atoms with E-state index in [0.29, 0.717) is 13.1 Å². The molecule has 2 saturated heterocycles. The molecule has 0 bridgehead atoms. The molecule has 0 aromatic heterocycles. The van der Waals surface area contributed by atoms with Gasteiger partial charge in [-0.3, -0.25) is 4.79 Å². The summed E-state index contributed by atoms with van der Waals surface area (Å²) in [6.07, 6.45) is 3.19. The fraction of sp³-hybridized carbons (Fsp3) is 0.611. The third-order valence-electron chi connectivity index (χ3n) is 5.53. The van der Waals surface area contributed by atoms with Gasteiger partial charge in [0.2, 0.25) is 10.0 Å². The Morgan fingerprint density at radius 3 is 2.15 bits per heavy atom. The summed E-state index contributed by atoms with van der Waals surface area (Å²) in [6, 6.07) is 2.77. The third kappa shape index (κ3) is 4.14. The first kappa shape index (κ1) is 20.2. The molecule has 0 saturated carbocycles. The van der Waals surface area contributed by atoms with Gasteiger partial charge in [0.15, 0.2) is 10.9 Å². The zero-order chi connectivity index (χ0) is 19.6. The Bertz CT molecular complexity index is 769. The number of carbonyl (C=O) groups excluding carboxylic acids is 1. The molecule has 27 heavy (non-hydrogen) atoms. The topological polar surface area (TPSA) is 62.1 Å². The molecule has 2 fully saturated rings. The molecule has 1 aromatic rings. The number of likely N-dealkylation sites (tertiary alicyclic amines) is 1. The van der Waals surface area contributed by atoms with Crippen molar-refractivity contribution in [3.8, 4) is 0 Å². The molecule has 1 amide bonds. The van der Waals surface area contributed by atoms with Crippen molar-refractivity contribution in [3.63, 3.8) is 0 Å². The van der Waals surface area contributed by atoms with E-state index in [0.717, 1.165) is 59.8 Å². The van der Waals surface area contributed by atoms with E-state index in [9.17, 15) is 22.0 Å². The fourth-order valence-electron chi connectivity index (χ4n) is 3.87. The number of benzene rings is 1. The lowest BCUT2D eigenvalue weighted by atomic mass is 10.1. The molecule has 0 unspecified atom stereocenters. The van der Waals surface area contributed by atoms with Crippen LogP contribution in [0, 0.1) is 11.6 Å². The summed E-state index contributed by atoms with van der Waals surface area (Å²) in [4.78, 5) is 14.7. The number of carbonyl (C=O) groups is 1. The van der Waals surface area contributed by atoms with Gasteiger partial charge in [-0.05, 0) is 38.3 Å². The van der Waals surface area contributed by atoms with Crippen molar-refractivity contribution in [2.24, 2.45) is 0 Å². The second kappa shape index (κ2) is 8.20. The average molecular weight is 402 g/mol. The van der Waals surface area contributed by atoms with Gasteiger partial charge in [-0.2, -0.15) is 4.31 Å². The van der Waals surface area contributed by atoms with Gasteiger partial charge >= 0.3 is 0 Å². The standard InChI is InChI=1S/C18H25F2N3O3S/c1-14(18(24)22-8-3-2-4-9-22)21-10-12-23(13-11-21)27(25,26)17-15(19)6-5-7-16(17)20/h5-7,14H,2-4,8-13H2,1H3/p+1/t14-/m1/s1. The first-order valence-corrected chi connectivity index (χ1v) is 10.8. The molecule has 3 rings (SSSR count). The van der Waals surface area contributed by atoms with Crippen molar-refractivity contribution in [1.29, 1.82) is 0 Å². The first-order valence-electron chi connectivity index (χ1n) is 9.40. The summed E-state index contributed by atoms with van der Waals surface area (Å²) in [7, 11) is -4.24. The minimum absolute atomic E-state index is 0.0983. The number of halogens is 2. The van der Waals surface area contributed by atoms with E-state index >= 15 is 0 Å². The summed E-state index contributed by atoms with van der Waals surface area (Å²) >= 11 is 0. The maximum Gasteiger partial charge on any atom is 0.280 e. The summed E-state index contributed by atoms with van der Waals surface area (Å²) < 4.78 is 54.2. The van der Waals surface area contributed by atoms with E-state index in [1.807, 2.05) is 11.8 Å². The van der Waals surface area contributed by atoms with E-state index in [-0.39, 0.29) is 25.0 Å². The molecule has 2 aliphatic heterocycles. The molecule has 2 aliphatic rings. The number of piperidine rings is 1. The Balaban J connectivity index is 1.65. The van der Waals surface area contributed by atoms with Crippen molar-refractivity contribution in [2.45, 2.75) is 37.1 Å². The van der Waals surface area contributed by atoms with Crippen molar-refractivity contribution < 1.29 is 26.9 Å². The number of hydrogen-bond acceptors (Lipinski definition) is 3. The lowest BCUT2D eigenvalue weighted by molar-refractivity contribution is -0.918. The Hall–Kier alpha value is -1.58. The SMILES string of the molecule is C[C@H](C(=O)N1CCCCC1)[NH+]1CCN(S(=O)(=O)c2c(F)cccc2F)CC1. The number of amides is 1. The van der Waals surface area contributed by atoms with Crippen LogP contribution in [0.1, 0.15) is 26.2 Å². The van der Waals surface area contributed by atoms with E-state index < -0.39 is 26.6 Å². The normalized spacial score (nSPS) is 21.2. The molecular formula is C18H26F2N3O3S+. The largest absolute Gasteiger partial charge is 0.338 e. The molecule has 1 aromatic carbocycles. The number of nitrogens with one attached hydrogen (secondary N) is 1. The van der Waals surface area contributed by atoms with Gasteiger partial charge in [0, 0.05) is 13.1 Å². The van der Waals surface area contributed by atoms with Crippen LogP contribution in [0.25, 0.3) is 0 Å². The van der Waals surface area contributed by atoms with Gasteiger partial charge in [-0.1, -0.05) is 6.07 Å². The predicted molar refractivity (Wildman–Crippen MR) is 95.7 cm³/mol. The van der Waals surface area contributed by atoms with Crippen LogP contribution in [-0.2, 0) is 14.8 Å². The highest BCUT2D eigenvalue weighted by Crippen LogP contribution is 2.22. The van der Waals surface area contributed by atoms with Gasteiger partial charge in [0.1, 0.15) is 11.6 Å². The van der Waals surface area contributed by atoms with Crippen LogP contribution in [0.4, 0.5) is 8.78 Å². The van der Waals surface area contributed by atoms with Crippen LogP contribution in [0.3, 0.4) is 0 Å². The second-order valence-electron chi connectivity index (χ2n) is 7.22. The van der Waals surface area contributed by atoms with Crippen LogP contribution in [0.5, 0.6) is 0 Å². The first-order chi connectivity index (χ1) is 12.8. The number of rotatable bonds is 4. The summed E-state index contributed by atoms with van der Waals surface area (Å²) in [6.45, 7) is 4.54. The molecule has 6 nitrogen and oxygen atoms in total. The van der Waals surface area contributed by atoms with Crippen LogP contribution in [-0.4, -0.2) is 68.8 Å². The highest BCUT2D eigenvalue weighted by atomic mass is 32.2. The van der Waals surface area contributed by atoms with Crippen LogP contribution >= 0.6 is 0 Å². The molecule has 0 aliphatic carbocycles. The highest BCUT2D eigenvalue weighted by molar-refractivity contribution is 7.89. The summed E-state index contributed by atoms with van der Waals surface area (Å²) in [5.41, 5.74) is 0. The van der Waals surface area contributed by atoms with E-state index in [1.165, 1.54) is 0 Å². The number of sulfonamides is 1. The molecular weight excluding hydrogens is 376 g/mol. The molecule has 9 heteroatoms. The molecule has 1 N–H and O–H groups in total. The number of piperazine rings is 1. The summed E-state index contributed by atoms with van der Waals surface area (Å²) in [5.74, 6) is -2.07. The van der Waals surface area contributed by atoms with Gasteiger partial charge < -0.3 is 9.80 Å². The van der Waals surface area contributed by atoms with Crippen LogP contribution in [0.2, 0.25) is 0 Å². The Morgan fingerprint density at radius 1 is 1.04 bits per heavy atom. The molecule has 2 heterocycles. The van der Waals surface area contributed by atoms with Crippen molar-refractivity contribution >= 4 is 15.9 Å². The fourth-order valence-corrected chi connectivity index (χ4v) is 5.42. The van der Waals surface area contributed by atoms with Gasteiger partial charge in [-0.25, -0.2) is 17.2 Å². The van der Waals surface area contributed by atoms with Gasteiger partial charge in [0.05, 0.1) is 26.2 Å². The van der Waals surface area contributed by atoms with E-state index in [4.69, 9.17) is 0 Å². The zero-order valence-corrected chi connectivity index (χ0v) is 16.3. The Kier molecular flexibility index (Phi) is 6.12. The molecule has 1 atom stereocenters. The molecule has 0 spiro atoms. The predicted octanol–water partition coefficient (Wildman–Crippen LogP) is 0.255. The van der Waals surface area contributed by atoms with Crippen LogP contribution in [0.15, 0.2) is 23.1 Å². The number of quaternary nitrogens is 1. The van der Waals surface area contributed by atoms with Gasteiger partial charge in [0.25, 0.3) is 5.91 Å². The highest BCUT2D eigenvalue weighted by Gasteiger charge is 2.38. The van der Waals surface area contributed by atoms with E-state index in [1.54, 1.807) is 0 Å². The van der Waals surface area contributed by atoms with Crippen molar-refractivity contribution in [1.82, 2.24) is 9.21 Å². The van der Waals surface area contributed by atoms with Crippen molar-refractivity contribution in [3.05, 3.63) is 29.8 Å².